The zero-order valence-electron chi connectivity index (χ0n) is 16.4. The Morgan fingerprint density at radius 1 is 1.11 bits per heavy atom. The fourth-order valence-electron chi connectivity index (χ4n) is 3.35. The first-order chi connectivity index (χ1) is 13.3. The predicted octanol–water partition coefficient (Wildman–Crippen LogP) is 3.57. The van der Waals surface area contributed by atoms with Gasteiger partial charge in [0.15, 0.2) is 0 Å². The second-order valence-electron chi connectivity index (χ2n) is 7.45. The summed E-state index contributed by atoms with van der Waals surface area (Å²) in [6.45, 7) is 4.81. The highest BCUT2D eigenvalue weighted by molar-refractivity contribution is 7.91. The van der Waals surface area contributed by atoms with Crippen molar-refractivity contribution < 1.29 is 17.9 Å². The van der Waals surface area contributed by atoms with Crippen molar-refractivity contribution in [1.82, 2.24) is 0 Å². The van der Waals surface area contributed by atoms with Crippen LogP contribution in [-0.4, -0.2) is 28.0 Å². The summed E-state index contributed by atoms with van der Waals surface area (Å²) in [4.78, 5) is 14.1. The SMILES string of the molecule is COc1ccc(CS(=O)(=O)Nc2ccc3c(c2)CCC(=O)N3CC(C)C)cc1. The van der Waals surface area contributed by atoms with Gasteiger partial charge in [0.2, 0.25) is 15.9 Å². The van der Waals surface area contributed by atoms with Crippen molar-refractivity contribution in [3.63, 3.8) is 0 Å². The lowest BCUT2D eigenvalue weighted by Gasteiger charge is -2.31. The molecule has 1 aliphatic rings. The number of ether oxygens (including phenoxy) is 1. The first kappa shape index (κ1) is 20.2. The largest absolute Gasteiger partial charge is 0.497 e. The van der Waals surface area contributed by atoms with Crippen LogP contribution < -0.4 is 14.4 Å². The average Bonchev–Trinajstić information content (AvgIpc) is 2.64. The smallest absolute Gasteiger partial charge is 0.236 e. The van der Waals surface area contributed by atoms with Crippen LogP contribution in [0.15, 0.2) is 42.5 Å². The predicted molar refractivity (Wildman–Crippen MR) is 111 cm³/mol. The van der Waals surface area contributed by atoms with Crippen molar-refractivity contribution in [1.29, 1.82) is 0 Å². The third kappa shape index (κ3) is 4.84. The van der Waals surface area contributed by atoms with Gasteiger partial charge in [-0.2, -0.15) is 0 Å². The van der Waals surface area contributed by atoms with Gasteiger partial charge >= 0.3 is 0 Å². The standard InChI is InChI=1S/C21H26N2O4S/c1-15(2)13-23-20-10-7-18(12-17(20)6-11-21(23)24)22-28(25,26)14-16-4-8-19(27-3)9-5-16/h4-5,7-10,12,15,22H,6,11,13-14H2,1-3H3. The van der Waals surface area contributed by atoms with E-state index >= 15 is 0 Å². The summed E-state index contributed by atoms with van der Waals surface area (Å²) in [7, 11) is -1.98. The third-order valence-electron chi connectivity index (χ3n) is 4.62. The maximum Gasteiger partial charge on any atom is 0.236 e. The minimum Gasteiger partial charge on any atom is -0.497 e. The van der Waals surface area contributed by atoms with Crippen molar-refractivity contribution in [2.45, 2.75) is 32.4 Å². The minimum absolute atomic E-state index is 0.119. The number of fused-ring (bicyclic) bond motifs is 1. The number of carbonyl (C=O) groups excluding carboxylic acids is 1. The molecule has 2 aromatic carbocycles. The highest BCUT2D eigenvalue weighted by atomic mass is 32.2. The molecule has 0 saturated carbocycles. The first-order valence-corrected chi connectivity index (χ1v) is 11.0. The van der Waals surface area contributed by atoms with E-state index in [4.69, 9.17) is 4.74 Å². The molecule has 28 heavy (non-hydrogen) atoms. The second-order valence-corrected chi connectivity index (χ2v) is 9.17. The number of sulfonamides is 1. The van der Waals surface area contributed by atoms with Gasteiger partial charge in [0, 0.05) is 24.3 Å². The normalized spacial score (nSPS) is 14.1. The Morgan fingerprint density at radius 2 is 1.82 bits per heavy atom. The lowest BCUT2D eigenvalue weighted by molar-refractivity contribution is -0.119. The maximum atomic E-state index is 12.5. The monoisotopic (exact) mass is 402 g/mol. The first-order valence-electron chi connectivity index (χ1n) is 9.34. The Labute approximate surface area is 166 Å². The van der Waals surface area contributed by atoms with E-state index in [-0.39, 0.29) is 11.7 Å². The van der Waals surface area contributed by atoms with Crippen LogP contribution in [-0.2, 0) is 27.0 Å². The number of nitrogens with one attached hydrogen (secondary N) is 1. The van der Waals surface area contributed by atoms with Crippen LogP contribution in [0.2, 0.25) is 0 Å². The van der Waals surface area contributed by atoms with Gasteiger partial charge in [0.1, 0.15) is 5.75 Å². The van der Waals surface area contributed by atoms with E-state index in [9.17, 15) is 13.2 Å². The van der Waals surface area contributed by atoms with Crippen LogP contribution in [0.3, 0.4) is 0 Å². The maximum absolute atomic E-state index is 12.5. The van der Waals surface area contributed by atoms with E-state index in [0.717, 1.165) is 11.3 Å². The van der Waals surface area contributed by atoms with Gasteiger partial charge in [-0.15, -0.1) is 0 Å². The molecule has 0 unspecified atom stereocenters. The zero-order valence-corrected chi connectivity index (χ0v) is 17.3. The van der Waals surface area contributed by atoms with Crippen LogP contribution in [0, 0.1) is 5.92 Å². The van der Waals surface area contributed by atoms with Crippen molar-refractivity contribution in [3.8, 4) is 5.75 Å². The van der Waals surface area contributed by atoms with E-state index in [1.165, 1.54) is 0 Å². The van der Waals surface area contributed by atoms with Crippen LogP contribution >= 0.6 is 0 Å². The molecule has 0 aliphatic carbocycles. The van der Waals surface area contributed by atoms with Crippen molar-refractivity contribution >= 4 is 27.3 Å². The van der Waals surface area contributed by atoms with Crippen LogP contribution in [0.5, 0.6) is 5.75 Å². The molecular formula is C21H26N2O4S. The van der Waals surface area contributed by atoms with E-state index < -0.39 is 10.0 Å². The van der Waals surface area contributed by atoms with Gasteiger partial charge in [-0.25, -0.2) is 8.42 Å². The molecule has 3 rings (SSSR count). The number of anilines is 2. The molecule has 0 atom stereocenters. The molecule has 0 fully saturated rings. The van der Waals surface area contributed by atoms with E-state index in [2.05, 4.69) is 18.6 Å². The van der Waals surface area contributed by atoms with Gasteiger partial charge in [0.25, 0.3) is 0 Å². The van der Waals surface area contributed by atoms with Crippen molar-refractivity contribution in [2.75, 3.05) is 23.3 Å². The molecule has 1 heterocycles. The van der Waals surface area contributed by atoms with Crippen LogP contribution in [0.4, 0.5) is 11.4 Å². The molecular weight excluding hydrogens is 376 g/mol. The average molecular weight is 403 g/mol. The lowest BCUT2D eigenvalue weighted by atomic mass is 9.99. The third-order valence-corrected chi connectivity index (χ3v) is 5.88. The Kier molecular flexibility index (Phi) is 5.93. The van der Waals surface area contributed by atoms with Gasteiger partial charge in [-0.3, -0.25) is 9.52 Å². The molecule has 1 aliphatic heterocycles. The van der Waals surface area contributed by atoms with Gasteiger partial charge in [-0.05, 0) is 53.8 Å². The fourth-order valence-corrected chi connectivity index (χ4v) is 4.54. The summed E-state index contributed by atoms with van der Waals surface area (Å²) in [5.74, 6) is 1.04. The highest BCUT2D eigenvalue weighted by Gasteiger charge is 2.25. The number of methoxy groups -OCH3 is 1. The second kappa shape index (κ2) is 8.22. The molecule has 2 aromatic rings. The molecule has 0 saturated heterocycles. The zero-order chi connectivity index (χ0) is 20.3. The number of hydrogen-bond donors (Lipinski definition) is 1. The molecule has 0 radical (unpaired) electrons. The number of benzene rings is 2. The summed E-state index contributed by atoms with van der Waals surface area (Å²) in [5, 5.41) is 0. The molecule has 0 bridgehead atoms. The van der Waals surface area contributed by atoms with E-state index in [0.29, 0.717) is 42.3 Å². The number of carbonyl (C=O) groups is 1. The number of rotatable bonds is 7. The number of nitrogens with zero attached hydrogens (tertiary/aromatic N) is 1. The Balaban J connectivity index is 1.76. The fraction of sp³-hybridized carbons (Fsp3) is 0.381. The van der Waals surface area contributed by atoms with Crippen molar-refractivity contribution in [2.24, 2.45) is 5.92 Å². The molecule has 150 valence electrons. The lowest BCUT2D eigenvalue weighted by Crippen LogP contribution is -2.37. The molecule has 6 nitrogen and oxygen atoms in total. The summed E-state index contributed by atoms with van der Waals surface area (Å²) in [6.07, 6.45) is 1.07. The highest BCUT2D eigenvalue weighted by Crippen LogP contribution is 2.31. The quantitative estimate of drug-likeness (QED) is 0.768. The van der Waals surface area contributed by atoms with Gasteiger partial charge < -0.3 is 9.64 Å². The van der Waals surface area contributed by atoms with Crippen LogP contribution in [0.1, 0.15) is 31.4 Å². The molecule has 0 aromatic heterocycles. The number of amides is 1. The van der Waals surface area contributed by atoms with Gasteiger partial charge in [-0.1, -0.05) is 26.0 Å². The Bertz CT molecular complexity index is 953. The molecule has 1 amide bonds. The Hall–Kier alpha value is -2.54. The minimum atomic E-state index is -3.55. The summed E-state index contributed by atoms with van der Waals surface area (Å²) >= 11 is 0. The molecule has 7 heteroatoms. The Morgan fingerprint density at radius 3 is 2.46 bits per heavy atom. The van der Waals surface area contributed by atoms with Gasteiger partial charge in [0.05, 0.1) is 12.9 Å². The number of aryl methyl sites for hydroxylation is 1. The molecule has 1 N–H and O–H groups in total. The van der Waals surface area contributed by atoms with E-state index in [1.54, 1.807) is 42.3 Å². The summed E-state index contributed by atoms with van der Waals surface area (Å²) in [5.41, 5.74) is 3.07. The summed E-state index contributed by atoms with van der Waals surface area (Å²) in [6, 6.07) is 12.3. The summed E-state index contributed by atoms with van der Waals surface area (Å²) < 4.78 is 32.8. The van der Waals surface area contributed by atoms with Crippen LogP contribution in [0.25, 0.3) is 0 Å². The topological polar surface area (TPSA) is 75.7 Å². The molecule has 0 spiro atoms. The van der Waals surface area contributed by atoms with E-state index in [1.807, 2.05) is 12.1 Å². The number of hydrogen-bond acceptors (Lipinski definition) is 4. The van der Waals surface area contributed by atoms with Crippen molar-refractivity contribution in [3.05, 3.63) is 53.6 Å².